The standard InChI is InChI=1S/C30H35Cl2N3O4S/c1-5-21(3)33-30(37)22(4)34(19-26-27(31)13-10-14-28(26)32)29(36)20-35(24-17-15-23(6-2)16-18-24)40(38,39)25-11-8-7-9-12-25/h7-18,21-22H,5-6,19-20H2,1-4H3,(H,33,37)/t21-,22-/m0/s1. The van der Waals surface area contributed by atoms with Crippen molar-refractivity contribution in [2.45, 2.75) is 64.1 Å². The SMILES string of the molecule is CCc1ccc(N(CC(=O)N(Cc2c(Cl)cccc2Cl)[C@@H](C)C(=O)N[C@@H](C)CC)S(=O)(=O)c2ccccc2)cc1. The van der Waals surface area contributed by atoms with Crippen LogP contribution in [-0.4, -0.2) is 43.8 Å². The van der Waals surface area contributed by atoms with Crippen molar-refractivity contribution in [1.82, 2.24) is 10.2 Å². The summed E-state index contributed by atoms with van der Waals surface area (Å²) in [5.74, 6) is -0.947. The van der Waals surface area contributed by atoms with Crippen LogP contribution in [0.4, 0.5) is 5.69 Å². The van der Waals surface area contributed by atoms with E-state index in [1.165, 1.54) is 17.0 Å². The van der Waals surface area contributed by atoms with Gasteiger partial charge in [-0.25, -0.2) is 8.42 Å². The second kappa shape index (κ2) is 14.0. The van der Waals surface area contributed by atoms with Gasteiger partial charge in [-0.05, 0) is 68.7 Å². The number of sulfonamides is 1. The highest BCUT2D eigenvalue weighted by atomic mass is 35.5. The Morgan fingerprint density at radius 3 is 2.02 bits per heavy atom. The number of amides is 2. The van der Waals surface area contributed by atoms with Crippen LogP contribution in [0.25, 0.3) is 0 Å². The van der Waals surface area contributed by atoms with Crippen molar-refractivity contribution in [2.75, 3.05) is 10.8 Å². The molecule has 3 rings (SSSR count). The minimum Gasteiger partial charge on any atom is -0.352 e. The number of aryl methyl sites for hydroxylation is 1. The van der Waals surface area contributed by atoms with Gasteiger partial charge in [-0.1, -0.05) is 73.4 Å². The molecule has 40 heavy (non-hydrogen) atoms. The van der Waals surface area contributed by atoms with Gasteiger partial charge in [0.15, 0.2) is 0 Å². The van der Waals surface area contributed by atoms with Crippen molar-refractivity contribution in [1.29, 1.82) is 0 Å². The number of halogens is 2. The van der Waals surface area contributed by atoms with E-state index in [2.05, 4.69) is 5.32 Å². The first-order valence-corrected chi connectivity index (χ1v) is 15.4. The molecule has 0 radical (unpaired) electrons. The molecular formula is C30H35Cl2N3O4S. The molecule has 0 fully saturated rings. The minimum atomic E-state index is -4.13. The van der Waals surface area contributed by atoms with Crippen LogP contribution >= 0.6 is 23.2 Å². The van der Waals surface area contributed by atoms with Crippen LogP contribution in [0.2, 0.25) is 10.0 Å². The molecule has 1 N–H and O–H groups in total. The Morgan fingerprint density at radius 1 is 0.875 bits per heavy atom. The van der Waals surface area contributed by atoms with E-state index >= 15 is 0 Å². The van der Waals surface area contributed by atoms with Crippen LogP contribution in [0.15, 0.2) is 77.7 Å². The summed E-state index contributed by atoms with van der Waals surface area (Å²) < 4.78 is 28.7. The Balaban J connectivity index is 2.05. The van der Waals surface area contributed by atoms with Gasteiger partial charge >= 0.3 is 0 Å². The van der Waals surface area contributed by atoms with Gasteiger partial charge in [0, 0.05) is 28.2 Å². The molecule has 0 aliphatic heterocycles. The molecule has 7 nitrogen and oxygen atoms in total. The van der Waals surface area contributed by atoms with E-state index in [-0.39, 0.29) is 23.4 Å². The van der Waals surface area contributed by atoms with E-state index in [1.807, 2.05) is 32.9 Å². The van der Waals surface area contributed by atoms with Crippen LogP contribution in [0, 0.1) is 0 Å². The number of hydrogen-bond donors (Lipinski definition) is 1. The molecule has 214 valence electrons. The first-order chi connectivity index (χ1) is 19.0. The highest BCUT2D eigenvalue weighted by Crippen LogP contribution is 2.28. The maximum atomic E-state index is 14.0. The lowest BCUT2D eigenvalue weighted by molar-refractivity contribution is -0.139. The molecular weight excluding hydrogens is 569 g/mol. The summed E-state index contributed by atoms with van der Waals surface area (Å²) in [5.41, 5.74) is 1.83. The molecule has 0 aliphatic rings. The molecule has 0 bridgehead atoms. The predicted molar refractivity (Wildman–Crippen MR) is 161 cm³/mol. The zero-order valence-corrected chi connectivity index (χ0v) is 25.4. The molecule has 0 aliphatic carbocycles. The Kier molecular flexibility index (Phi) is 11.0. The van der Waals surface area contributed by atoms with Crippen molar-refractivity contribution < 1.29 is 18.0 Å². The second-order valence-corrected chi connectivity index (χ2v) is 12.2. The fourth-order valence-corrected chi connectivity index (χ4v) is 6.00. The summed E-state index contributed by atoms with van der Waals surface area (Å²) in [6.45, 7) is 6.80. The highest BCUT2D eigenvalue weighted by Gasteiger charge is 2.33. The molecule has 0 saturated carbocycles. The third-order valence-electron chi connectivity index (χ3n) is 6.80. The van der Waals surface area contributed by atoms with Crippen LogP contribution in [-0.2, 0) is 32.6 Å². The zero-order valence-electron chi connectivity index (χ0n) is 23.1. The van der Waals surface area contributed by atoms with E-state index in [0.717, 1.165) is 16.3 Å². The van der Waals surface area contributed by atoms with Crippen molar-refractivity contribution in [2.24, 2.45) is 0 Å². The van der Waals surface area contributed by atoms with E-state index in [9.17, 15) is 18.0 Å². The Morgan fingerprint density at radius 2 is 1.48 bits per heavy atom. The molecule has 2 atom stereocenters. The minimum absolute atomic E-state index is 0.0469. The van der Waals surface area contributed by atoms with Crippen molar-refractivity contribution >= 4 is 50.7 Å². The normalized spacial score (nSPS) is 12.8. The molecule has 3 aromatic rings. The summed E-state index contributed by atoms with van der Waals surface area (Å²) in [5, 5.41) is 3.58. The topological polar surface area (TPSA) is 86.8 Å². The molecule has 2 amide bonds. The first kappa shape index (κ1) is 31.5. The van der Waals surface area contributed by atoms with Gasteiger partial charge < -0.3 is 10.2 Å². The lowest BCUT2D eigenvalue weighted by atomic mass is 10.1. The summed E-state index contributed by atoms with van der Waals surface area (Å²) in [4.78, 5) is 28.5. The van der Waals surface area contributed by atoms with Gasteiger partial charge in [-0.2, -0.15) is 0 Å². The van der Waals surface area contributed by atoms with E-state index < -0.39 is 28.5 Å². The highest BCUT2D eigenvalue weighted by molar-refractivity contribution is 7.92. The molecule has 0 unspecified atom stereocenters. The Labute approximate surface area is 247 Å². The number of rotatable bonds is 12. The average molecular weight is 605 g/mol. The maximum Gasteiger partial charge on any atom is 0.264 e. The van der Waals surface area contributed by atoms with Crippen LogP contribution in [0.1, 0.15) is 45.2 Å². The zero-order chi connectivity index (χ0) is 29.4. The van der Waals surface area contributed by atoms with Crippen LogP contribution < -0.4 is 9.62 Å². The monoisotopic (exact) mass is 603 g/mol. The Bertz CT molecular complexity index is 1400. The van der Waals surface area contributed by atoms with Crippen molar-refractivity contribution in [3.05, 3.63) is 94.0 Å². The van der Waals surface area contributed by atoms with Crippen molar-refractivity contribution in [3.8, 4) is 0 Å². The lowest BCUT2D eigenvalue weighted by Crippen LogP contribution is -2.52. The predicted octanol–water partition coefficient (Wildman–Crippen LogP) is 6.08. The summed E-state index contributed by atoms with van der Waals surface area (Å²) in [6, 6.07) is 18.9. The fourth-order valence-electron chi connectivity index (χ4n) is 4.05. The Hall–Kier alpha value is -3.07. The molecule has 0 spiro atoms. The first-order valence-electron chi connectivity index (χ1n) is 13.2. The van der Waals surface area contributed by atoms with E-state index in [4.69, 9.17) is 23.2 Å². The second-order valence-electron chi connectivity index (χ2n) is 9.56. The third-order valence-corrected chi connectivity index (χ3v) is 9.30. The number of anilines is 1. The fraction of sp³-hybridized carbons (Fsp3) is 0.333. The van der Waals surface area contributed by atoms with Gasteiger partial charge in [-0.3, -0.25) is 13.9 Å². The average Bonchev–Trinajstić information content (AvgIpc) is 2.95. The van der Waals surface area contributed by atoms with E-state index in [1.54, 1.807) is 55.5 Å². The summed E-state index contributed by atoms with van der Waals surface area (Å²) in [6.07, 6.45) is 1.49. The quantitative estimate of drug-likeness (QED) is 0.272. The van der Waals surface area contributed by atoms with E-state index in [0.29, 0.717) is 27.7 Å². The lowest BCUT2D eigenvalue weighted by Gasteiger charge is -2.33. The smallest absolute Gasteiger partial charge is 0.264 e. The molecule has 3 aromatic carbocycles. The number of nitrogens with zero attached hydrogens (tertiary/aromatic N) is 2. The largest absolute Gasteiger partial charge is 0.352 e. The molecule has 0 aromatic heterocycles. The van der Waals surface area contributed by atoms with Gasteiger partial charge in [0.25, 0.3) is 10.0 Å². The summed E-state index contributed by atoms with van der Waals surface area (Å²) >= 11 is 12.8. The van der Waals surface area contributed by atoms with Gasteiger partial charge in [0.05, 0.1) is 10.6 Å². The van der Waals surface area contributed by atoms with Gasteiger partial charge in [-0.15, -0.1) is 0 Å². The number of nitrogens with one attached hydrogen (secondary N) is 1. The van der Waals surface area contributed by atoms with Gasteiger partial charge in [0.2, 0.25) is 11.8 Å². The van der Waals surface area contributed by atoms with Crippen LogP contribution in [0.3, 0.4) is 0 Å². The number of carbonyl (C=O) groups is 2. The molecule has 0 heterocycles. The third kappa shape index (κ3) is 7.56. The van der Waals surface area contributed by atoms with Crippen LogP contribution in [0.5, 0.6) is 0 Å². The molecule has 10 heteroatoms. The number of hydrogen-bond acceptors (Lipinski definition) is 4. The van der Waals surface area contributed by atoms with Gasteiger partial charge in [0.1, 0.15) is 12.6 Å². The summed E-state index contributed by atoms with van der Waals surface area (Å²) in [7, 11) is -4.13. The maximum absolute atomic E-state index is 14.0. The number of carbonyl (C=O) groups excluding carboxylic acids is 2. The number of benzene rings is 3. The van der Waals surface area contributed by atoms with Crippen molar-refractivity contribution in [3.63, 3.8) is 0 Å². The molecule has 0 saturated heterocycles.